The first-order valence-corrected chi connectivity index (χ1v) is 7.29. The Hall–Kier alpha value is -0.380. The van der Waals surface area contributed by atoms with Crippen molar-refractivity contribution in [1.29, 1.82) is 0 Å². The molecule has 2 nitrogen and oxygen atoms in total. The second kappa shape index (κ2) is 7.14. The molecule has 1 N–H and O–H groups in total. The van der Waals surface area contributed by atoms with Crippen LogP contribution in [0.3, 0.4) is 0 Å². The quantitative estimate of drug-likeness (QED) is 0.803. The second-order valence-corrected chi connectivity index (χ2v) is 6.65. The molecule has 98 valence electrons. The third-order valence-corrected chi connectivity index (χ3v) is 3.93. The maximum absolute atomic E-state index is 3.49. The molecule has 1 rings (SSSR count). The Morgan fingerprint density at radius 1 is 1.18 bits per heavy atom. The first-order valence-electron chi connectivity index (χ1n) is 6.47. The maximum Gasteiger partial charge on any atom is 0.0327 e. The van der Waals surface area contributed by atoms with E-state index in [0.717, 1.165) is 25.6 Å². The Bertz CT molecular complexity index is 318. The molecule has 1 aromatic rings. The van der Waals surface area contributed by atoms with E-state index in [2.05, 4.69) is 57.1 Å². The zero-order valence-corrected chi connectivity index (χ0v) is 12.6. The molecule has 1 heterocycles. The molecular formula is C14H26N2S. The molecule has 0 spiro atoms. The minimum absolute atomic E-state index is 0.611. The Morgan fingerprint density at radius 3 is 2.41 bits per heavy atom. The van der Waals surface area contributed by atoms with Crippen LogP contribution >= 0.6 is 11.3 Å². The predicted molar refractivity (Wildman–Crippen MR) is 77.5 cm³/mol. The summed E-state index contributed by atoms with van der Waals surface area (Å²) in [4.78, 5) is 5.28. The van der Waals surface area contributed by atoms with Gasteiger partial charge in [-0.3, -0.25) is 4.90 Å². The van der Waals surface area contributed by atoms with Crippen LogP contribution in [0.25, 0.3) is 0 Å². The number of rotatable bonds is 7. The molecule has 0 saturated heterocycles. The summed E-state index contributed by atoms with van der Waals surface area (Å²) in [5.41, 5.74) is 0. The van der Waals surface area contributed by atoms with Gasteiger partial charge >= 0.3 is 0 Å². The van der Waals surface area contributed by atoms with Crippen molar-refractivity contribution in [3.8, 4) is 0 Å². The van der Waals surface area contributed by atoms with Gasteiger partial charge in [-0.1, -0.05) is 13.8 Å². The van der Waals surface area contributed by atoms with E-state index in [-0.39, 0.29) is 0 Å². The van der Waals surface area contributed by atoms with E-state index < -0.39 is 0 Å². The van der Waals surface area contributed by atoms with Crippen LogP contribution in [0.2, 0.25) is 0 Å². The lowest BCUT2D eigenvalue weighted by atomic mass is 10.2. The normalized spacial score (nSPS) is 12.0. The first kappa shape index (κ1) is 14.7. The molecule has 17 heavy (non-hydrogen) atoms. The smallest absolute Gasteiger partial charge is 0.0327 e. The SMILES string of the molecule is CC(C)CNCc1ccc(CN(C)C(C)C)s1. The summed E-state index contributed by atoms with van der Waals surface area (Å²) in [6.45, 7) is 12.1. The topological polar surface area (TPSA) is 15.3 Å². The van der Waals surface area contributed by atoms with Crippen LogP contribution in [-0.4, -0.2) is 24.5 Å². The van der Waals surface area contributed by atoms with Crippen molar-refractivity contribution in [3.05, 3.63) is 21.9 Å². The van der Waals surface area contributed by atoms with Crippen LogP contribution in [0.4, 0.5) is 0 Å². The van der Waals surface area contributed by atoms with Crippen molar-refractivity contribution in [2.24, 2.45) is 5.92 Å². The highest BCUT2D eigenvalue weighted by Crippen LogP contribution is 2.18. The van der Waals surface area contributed by atoms with Crippen molar-refractivity contribution in [2.45, 2.75) is 46.8 Å². The van der Waals surface area contributed by atoms with E-state index in [9.17, 15) is 0 Å². The van der Waals surface area contributed by atoms with Gasteiger partial charge in [0.1, 0.15) is 0 Å². The lowest BCUT2D eigenvalue weighted by molar-refractivity contribution is 0.268. The Balaban J connectivity index is 2.37. The Morgan fingerprint density at radius 2 is 1.82 bits per heavy atom. The zero-order valence-electron chi connectivity index (χ0n) is 11.8. The van der Waals surface area contributed by atoms with Gasteiger partial charge in [0.15, 0.2) is 0 Å². The average molecular weight is 254 g/mol. The van der Waals surface area contributed by atoms with Crippen molar-refractivity contribution in [2.75, 3.05) is 13.6 Å². The third kappa shape index (κ3) is 5.66. The van der Waals surface area contributed by atoms with Gasteiger partial charge in [-0.05, 0) is 45.5 Å². The molecule has 3 heteroatoms. The van der Waals surface area contributed by atoms with Gasteiger partial charge in [0, 0.05) is 28.9 Å². The number of nitrogens with one attached hydrogen (secondary N) is 1. The van der Waals surface area contributed by atoms with Gasteiger partial charge in [0.2, 0.25) is 0 Å². The monoisotopic (exact) mass is 254 g/mol. The minimum Gasteiger partial charge on any atom is -0.312 e. The van der Waals surface area contributed by atoms with Gasteiger partial charge in [0.25, 0.3) is 0 Å². The second-order valence-electron chi connectivity index (χ2n) is 5.40. The van der Waals surface area contributed by atoms with Crippen molar-refractivity contribution in [3.63, 3.8) is 0 Å². The molecule has 0 bridgehead atoms. The molecule has 0 aliphatic rings. The van der Waals surface area contributed by atoms with Gasteiger partial charge in [-0.25, -0.2) is 0 Å². The van der Waals surface area contributed by atoms with Crippen LogP contribution in [-0.2, 0) is 13.1 Å². The number of thiophene rings is 1. The third-order valence-electron chi connectivity index (χ3n) is 2.86. The summed E-state index contributed by atoms with van der Waals surface area (Å²) < 4.78 is 0. The molecule has 0 fully saturated rings. The summed E-state index contributed by atoms with van der Waals surface area (Å²) in [7, 11) is 2.18. The van der Waals surface area contributed by atoms with E-state index >= 15 is 0 Å². The fourth-order valence-electron chi connectivity index (χ4n) is 1.51. The van der Waals surface area contributed by atoms with Crippen LogP contribution in [0.5, 0.6) is 0 Å². The molecular weight excluding hydrogens is 228 g/mol. The number of nitrogens with zero attached hydrogens (tertiary/aromatic N) is 1. The zero-order chi connectivity index (χ0) is 12.8. The summed E-state index contributed by atoms with van der Waals surface area (Å²) in [6, 6.07) is 5.12. The molecule has 0 aliphatic carbocycles. The molecule has 0 atom stereocenters. The molecule has 0 amide bonds. The fraction of sp³-hybridized carbons (Fsp3) is 0.714. The van der Waals surface area contributed by atoms with Crippen molar-refractivity contribution < 1.29 is 0 Å². The van der Waals surface area contributed by atoms with E-state index in [1.165, 1.54) is 9.75 Å². The first-order chi connectivity index (χ1) is 7.99. The highest BCUT2D eigenvalue weighted by Gasteiger charge is 2.06. The van der Waals surface area contributed by atoms with Crippen LogP contribution < -0.4 is 5.32 Å². The van der Waals surface area contributed by atoms with E-state index in [1.807, 2.05) is 11.3 Å². The minimum atomic E-state index is 0.611. The summed E-state index contributed by atoms with van der Waals surface area (Å²) in [6.07, 6.45) is 0. The number of hydrogen-bond acceptors (Lipinski definition) is 3. The van der Waals surface area contributed by atoms with Crippen LogP contribution in [0.15, 0.2) is 12.1 Å². The highest BCUT2D eigenvalue weighted by molar-refractivity contribution is 7.11. The largest absolute Gasteiger partial charge is 0.312 e. The summed E-state index contributed by atoms with van der Waals surface area (Å²) >= 11 is 1.93. The van der Waals surface area contributed by atoms with E-state index in [4.69, 9.17) is 0 Å². The van der Waals surface area contributed by atoms with Gasteiger partial charge in [0.05, 0.1) is 0 Å². The number of hydrogen-bond donors (Lipinski definition) is 1. The predicted octanol–water partition coefficient (Wildman–Crippen LogP) is 3.33. The maximum atomic E-state index is 3.49. The lowest BCUT2D eigenvalue weighted by Crippen LogP contribution is -2.25. The Labute approximate surface area is 110 Å². The van der Waals surface area contributed by atoms with Crippen LogP contribution in [0.1, 0.15) is 37.4 Å². The summed E-state index contributed by atoms with van der Waals surface area (Å²) in [5.74, 6) is 0.724. The van der Waals surface area contributed by atoms with Gasteiger partial charge < -0.3 is 5.32 Å². The molecule has 0 aromatic carbocycles. The highest BCUT2D eigenvalue weighted by atomic mass is 32.1. The van der Waals surface area contributed by atoms with E-state index in [1.54, 1.807) is 0 Å². The van der Waals surface area contributed by atoms with Gasteiger partial charge in [-0.15, -0.1) is 11.3 Å². The molecule has 1 aromatic heterocycles. The van der Waals surface area contributed by atoms with Crippen LogP contribution in [0, 0.1) is 5.92 Å². The van der Waals surface area contributed by atoms with Crippen molar-refractivity contribution in [1.82, 2.24) is 10.2 Å². The molecule has 0 unspecified atom stereocenters. The summed E-state index contributed by atoms with van der Waals surface area (Å²) in [5, 5.41) is 3.49. The molecule has 0 aliphatic heterocycles. The molecule has 0 radical (unpaired) electrons. The lowest BCUT2D eigenvalue weighted by Gasteiger charge is -2.19. The molecule has 0 saturated carbocycles. The fourth-order valence-corrected chi connectivity index (χ4v) is 2.57. The Kier molecular flexibility index (Phi) is 6.17. The van der Waals surface area contributed by atoms with Gasteiger partial charge in [-0.2, -0.15) is 0 Å². The standard InChI is InChI=1S/C14H26N2S/c1-11(2)8-15-9-13-6-7-14(17-13)10-16(5)12(3)4/h6-7,11-12,15H,8-10H2,1-5H3. The van der Waals surface area contributed by atoms with E-state index in [0.29, 0.717) is 6.04 Å². The average Bonchev–Trinajstić information content (AvgIpc) is 2.65. The van der Waals surface area contributed by atoms with Crippen molar-refractivity contribution >= 4 is 11.3 Å².